The van der Waals surface area contributed by atoms with Crippen molar-refractivity contribution in [2.24, 2.45) is 0 Å². The summed E-state index contributed by atoms with van der Waals surface area (Å²) < 4.78 is 1.82. The van der Waals surface area contributed by atoms with E-state index in [0.717, 1.165) is 26.2 Å². The lowest BCUT2D eigenvalue weighted by atomic mass is 10.1. The quantitative estimate of drug-likeness (QED) is 0.831. The first kappa shape index (κ1) is 11.3. The number of rotatable bonds is 3. The van der Waals surface area contributed by atoms with E-state index in [-0.39, 0.29) is 6.17 Å². The molecule has 2 aromatic rings. The SMILES string of the molecule is c1ccc(C(N2CCNCC2)n2cnnn2)cc1. The van der Waals surface area contributed by atoms with E-state index in [1.165, 1.54) is 5.56 Å². The first-order valence-electron chi connectivity index (χ1n) is 6.17. The number of aromatic nitrogens is 4. The molecule has 1 aromatic heterocycles. The maximum atomic E-state index is 4.06. The highest BCUT2D eigenvalue weighted by atomic mass is 15.6. The van der Waals surface area contributed by atoms with Crippen molar-refractivity contribution < 1.29 is 0 Å². The van der Waals surface area contributed by atoms with Crippen molar-refractivity contribution in [3.05, 3.63) is 42.2 Å². The maximum Gasteiger partial charge on any atom is 0.140 e. The molecule has 0 radical (unpaired) electrons. The van der Waals surface area contributed by atoms with Crippen LogP contribution in [0.5, 0.6) is 0 Å². The van der Waals surface area contributed by atoms with Gasteiger partial charge in [-0.3, -0.25) is 4.90 Å². The third-order valence-corrected chi connectivity index (χ3v) is 3.21. The number of hydrogen-bond donors (Lipinski definition) is 1. The van der Waals surface area contributed by atoms with Gasteiger partial charge in [0.2, 0.25) is 0 Å². The van der Waals surface area contributed by atoms with Crippen molar-refractivity contribution in [1.82, 2.24) is 30.4 Å². The Morgan fingerprint density at radius 3 is 2.56 bits per heavy atom. The van der Waals surface area contributed by atoms with Crippen molar-refractivity contribution in [3.63, 3.8) is 0 Å². The van der Waals surface area contributed by atoms with Gasteiger partial charge in [-0.25, -0.2) is 4.68 Å². The van der Waals surface area contributed by atoms with Crippen LogP contribution < -0.4 is 5.32 Å². The molecule has 94 valence electrons. The van der Waals surface area contributed by atoms with Crippen molar-refractivity contribution in [3.8, 4) is 0 Å². The van der Waals surface area contributed by atoms with Crippen LogP contribution in [0.25, 0.3) is 0 Å². The smallest absolute Gasteiger partial charge is 0.140 e. The molecule has 0 bridgehead atoms. The number of benzene rings is 1. The van der Waals surface area contributed by atoms with Crippen LogP contribution in [0.3, 0.4) is 0 Å². The molecule has 1 unspecified atom stereocenters. The highest BCUT2D eigenvalue weighted by Gasteiger charge is 2.24. The Bertz CT molecular complexity index is 463. The number of nitrogens with one attached hydrogen (secondary N) is 1. The molecule has 0 amide bonds. The molecular weight excluding hydrogens is 228 g/mol. The second-order valence-electron chi connectivity index (χ2n) is 4.36. The lowest BCUT2D eigenvalue weighted by Crippen LogP contribution is -2.47. The number of tetrazole rings is 1. The summed E-state index contributed by atoms with van der Waals surface area (Å²) in [5.74, 6) is 0. The molecule has 2 heterocycles. The van der Waals surface area contributed by atoms with E-state index in [2.05, 4.69) is 50.0 Å². The topological polar surface area (TPSA) is 58.9 Å². The number of piperazine rings is 1. The van der Waals surface area contributed by atoms with Crippen LogP contribution in [-0.4, -0.2) is 51.3 Å². The molecule has 1 aromatic carbocycles. The summed E-state index contributed by atoms with van der Waals surface area (Å²) in [6, 6.07) is 10.4. The zero-order valence-corrected chi connectivity index (χ0v) is 10.1. The molecule has 1 fully saturated rings. The van der Waals surface area contributed by atoms with Gasteiger partial charge in [0.25, 0.3) is 0 Å². The third kappa shape index (κ3) is 2.25. The average Bonchev–Trinajstić information content (AvgIpc) is 2.95. The predicted molar refractivity (Wildman–Crippen MR) is 66.8 cm³/mol. The molecule has 18 heavy (non-hydrogen) atoms. The minimum absolute atomic E-state index is 0.0864. The lowest BCUT2D eigenvalue weighted by Gasteiger charge is -2.34. The summed E-state index contributed by atoms with van der Waals surface area (Å²) in [7, 11) is 0. The standard InChI is InChI=1S/C12H16N6/c1-2-4-11(5-3-1)12(18-10-14-15-16-18)17-8-6-13-7-9-17/h1-5,10,12-13H,6-9H2. The van der Waals surface area contributed by atoms with Crippen molar-refractivity contribution in [2.75, 3.05) is 26.2 Å². The van der Waals surface area contributed by atoms with Gasteiger partial charge in [0.1, 0.15) is 12.5 Å². The lowest BCUT2D eigenvalue weighted by molar-refractivity contribution is 0.139. The van der Waals surface area contributed by atoms with Gasteiger partial charge < -0.3 is 5.32 Å². The fraction of sp³-hybridized carbons (Fsp3) is 0.417. The van der Waals surface area contributed by atoms with Crippen LogP contribution in [0.2, 0.25) is 0 Å². The van der Waals surface area contributed by atoms with E-state index in [1.807, 2.05) is 10.7 Å². The molecule has 1 atom stereocenters. The minimum Gasteiger partial charge on any atom is -0.314 e. The molecule has 0 spiro atoms. The van der Waals surface area contributed by atoms with E-state index >= 15 is 0 Å². The molecule has 6 heteroatoms. The second kappa shape index (κ2) is 5.24. The zero-order chi connectivity index (χ0) is 12.2. The Morgan fingerprint density at radius 1 is 1.11 bits per heavy atom. The Hall–Kier alpha value is -1.79. The normalized spacial score (nSPS) is 18.7. The first-order valence-corrected chi connectivity index (χ1v) is 6.17. The fourth-order valence-corrected chi connectivity index (χ4v) is 2.36. The summed E-state index contributed by atoms with van der Waals surface area (Å²) in [4.78, 5) is 2.39. The van der Waals surface area contributed by atoms with Gasteiger partial charge in [-0.1, -0.05) is 30.3 Å². The van der Waals surface area contributed by atoms with Gasteiger partial charge in [0, 0.05) is 26.2 Å². The van der Waals surface area contributed by atoms with E-state index in [0.29, 0.717) is 0 Å². The Kier molecular flexibility index (Phi) is 3.29. The summed E-state index contributed by atoms with van der Waals surface area (Å²) in [5.41, 5.74) is 1.21. The van der Waals surface area contributed by atoms with Gasteiger partial charge in [-0.2, -0.15) is 0 Å². The van der Waals surface area contributed by atoms with E-state index in [1.54, 1.807) is 6.33 Å². The second-order valence-corrected chi connectivity index (χ2v) is 4.36. The molecule has 1 aliphatic rings. The summed E-state index contributed by atoms with van der Waals surface area (Å²) in [5, 5.41) is 14.9. The van der Waals surface area contributed by atoms with Gasteiger partial charge in [-0.15, -0.1) is 5.10 Å². The van der Waals surface area contributed by atoms with Crippen LogP contribution >= 0.6 is 0 Å². The number of hydrogen-bond acceptors (Lipinski definition) is 5. The van der Waals surface area contributed by atoms with E-state index < -0.39 is 0 Å². The Balaban J connectivity index is 1.93. The summed E-state index contributed by atoms with van der Waals surface area (Å²) in [6.45, 7) is 4.01. The van der Waals surface area contributed by atoms with Gasteiger partial charge in [0.15, 0.2) is 0 Å². The maximum absolute atomic E-state index is 4.06. The predicted octanol–water partition coefficient (Wildman–Crippen LogP) is 0.125. The average molecular weight is 244 g/mol. The van der Waals surface area contributed by atoms with Gasteiger partial charge in [-0.05, 0) is 16.0 Å². The molecule has 1 aliphatic heterocycles. The third-order valence-electron chi connectivity index (χ3n) is 3.21. The summed E-state index contributed by atoms with van der Waals surface area (Å²) >= 11 is 0. The molecule has 1 N–H and O–H groups in total. The van der Waals surface area contributed by atoms with Crippen LogP contribution in [0.4, 0.5) is 0 Å². The van der Waals surface area contributed by atoms with Gasteiger partial charge in [0.05, 0.1) is 0 Å². The summed E-state index contributed by atoms with van der Waals surface area (Å²) in [6.07, 6.45) is 1.77. The molecule has 6 nitrogen and oxygen atoms in total. The Morgan fingerprint density at radius 2 is 1.89 bits per heavy atom. The highest BCUT2D eigenvalue weighted by molar-refractivity contribution is 5.19. The number of nitrogens with zero attached hydrogens (tertiary/aromatic N) is 5. The molecule has 3 rings (SSSR count). The zero-order valence-electron chi connectivity index (χ0n) is 10.1. The molecule has 0 saturated carbocycles. The molecular formula is C12H16N6. The highest BCUT2D eigenvalue weighted by Crippen LogP contribution is 2.21. The van der Waals surface area contributed by atoms with E-state index in [9.17, 15) is 0 Å². The van der Waals surface area contributed by atoms with Crippen LogP contribution in [0.15, 0.2) is 36.7 Å². The molecule has 0 aliphatic carbocycles. The van der Waals surface area contributed by atoms with Crippen LogP contribution in [-0.2, 0) is 0 Å². The van der Waals surface area contributed by atoms with Crippen LogP contribution in [0, 0.1) is 0 Å². The van der Waals surface area contributed by atoms with E-state index in [4.69, 9.17) is 0 Å². The minimum atomic E-state index is 0.0864. The van der Waals surface area contributed by atoms with Crippen molar-refractivity contribution >= 4 is 0 Å². The van der Waals surface area contributed by atoms with Crippen molar-refractivity contribution in [1.29, 1.82) is 0 Å². The largest absolute Gasteiger partial charge is 0.314 e. The first-order chi connectivity index (χ1) is 8.95. The monoisotopic (exact) mass is 244 g/mol. The molecule has 1 saturated heterocycles. The van der Waals surface area contributed by atoms with Gasteiger partial charge >= 0.3 is 0 Å². The Labute approximate surface area is 106 Å². The fourth-order valence-electron chi connectivity index (χ4n) is 2.36. The van der Waals surface area contributed by atoms with Crippen LogP contribution in [0.1, 0.15) is 11.7 Å². The van der Waals surface area contributed by atoms with Crippen molar-refractivity contribution in [2.45, 2.75) is 6.17 Å².